The number of rotatable bonds is 6. The minimum absolute atomic E-state index is 0.173. The van der Waals surface area contributed by atoms with Gasteiger partial charge in [-0.2, -0.15) is 0 Å². The maximum Gasteiger partial charge on any atom is 0.129 e. The highest BCUT2D eigenvalue weighted by molar-refractivity contribution is 7.80. The molecule has 1 saturated heterocycles. The standard InChI is InChI=1S/C14H20N2O3S/c15-14(20)12-3-1-2-4-13(12)19-9-11(18)8-16-6-5-10(17)7-16/h1-4,10-11,17-18H,5-9H2,(H2,15,20). The second-order valence-corrected chi connectivity index (χ2v) is 5.47. The van der Waals surface area contributed by atoms with Crippen LogP contribution in [-0.4, -0.2) is 58.6 Å². The van der Waals surface area contributed by atoms with E-state index in [2.05, 4.69) is 0 Å². The van der Waals surface area contributed by atoms with E-state index in [9.17, 15) is 10.2 Å². The van der Waals surface area contributed by atoms with Gasteiger partial charge in [-0.25, -0.2) is 0 Å². The van der Waals surface area contributed by atoms with Crippen molar-refractivity contribution in [3.05, 3.63) is 29.8 Å². The summed E-state index contributed by atoms with van der Waals surface area (Å²) < 4.78 is 5.59. The monoisotopic (exact) mass is 296 g/mol. The molecule has 5 nitrogen and oxygen atoms in total. The summed E-state index contributed by atoms with van der Waals surface area (Å²) in [6.07, 6.45) is -0.129. The van der Waals surface area contributed by atoms with Gasteiger partial charge in [0.2, 0.25) is 0 Å². The Bertz CT molecular complexity index is 469. The van der Waals surface area contributed by atoms with Crippen molar-refractivity contribution in [3.63, 3.8) is 0 Å². The van der Waals surface area contributed by atoms with Gasteiger partial charge < -0.3 is 20.7 Å². The minimum Gasteiger partial charge on any atom is -0.490 e. The summed E-state index contributed by atoms with van der Waals surface area (Å²) in [7, 11) is 0. The highest BCUT2D eigenvalue weighted by atomic mass is 32.1. The van der Waals surface area contributed by atoms with Crippen molar-refractivity contribution in [2.45, 2.75) is 18.6 Å². The highest BCUT2D eigenvalue weighted by Gasteiger charge is 2.22. The number of likely N-dealkylation sites (tertiary alicyclic amines) is 1. The molecule has 1 aliphatic heterocycles. The molecule has 1 aromatic rings. The second-order valence-electron chi connectivity index (χ2n) is 5.03. The fourth-order valence-corrected chi connectivity index (χ4v) is 2.48. The summed E-state index contributed by atoms with van der Waals surface area (Å²) in [6.45, 7) is 2.08. The number of hydrogen-bond donors (Lipinski definition) is 3. The minimum atomic E-state index is -0.611. The molecule has 0 aliphatic carbocycles. The number of aliphatic hydroxyl groups is 2. The summed E-state index contributed by atoms with van der Waals surface area (Å²) in [5.41, 5.74) is 6.29. The van der Waals surface area contributed by atoms with Crippen LogP contribution in [0.1, 0.15) is 12.0 Å². The third kappa shape index (κ3) is 4.14. The van der Waals surface area contributed by atoms with Crippen LogP contribution in [0.25, 0.3) is 0 Å². The third-order valence-electron chi connectivity index (χ3n) is 3.30. The molecule has 0 bridgehead atoms. The van der Waals surface area contributed by atoms with Crippen molar-refractivity contribution in [1.82, 2.24) is 4.90 Å². The molecular weight excluding hydrogens is 276 g/mol. The van der Waals surface area contributed by atoms with Gasteiger partial charge in [-0.15, -0.1) is 0 Å². The summed E-state index contributed by atoms with van der Waals surface area (Å²) >= 11 is 4.96. The van der Waals surface area contributed by atoms with Crippen molar-refractivity contribution in [2.75, 3.05) is 26.2 Å². The first-order valence-electron chi connectivity index (χ1n) is 6.66. The van der Waals surface area contributed by atoms with E-state index in [0.29, 0.717) is 24.4 Å². The topological polar surface area (TPSA) is 79.0 Å². The molecule has 4 N–H and O–H groups in total. The number of aliphatic hydroxyl groups excluding tert-OH is 2. The van der Waals surface area contributed by atoms with Gasteiger partial charge in [0, 0.05) is 19.6 Å². The van der Waals surface area contributed by atoms with E-state index in [1.54, 1.807) is 12.1 Å². The van der Waals surface area contributed by atoms with Crippen LogP contribution in [-0.2, 0) is 0 Å². The number of benzene rings is 1. The number of hydrogen-bond acceptors (Lipinski definition) is 5. The van der Waals surface area contributed by atoms with Crippen LogP contribution in [0.2, 0.25) is 0 Å². The van der Waals surface area contributed by atoms with E-state index in [-0.39, 0.29) is 17.7 Å². The molecule has 2 unspecified atom stereocenters. The molecule has 110 valence electrons. The van der Waals surface area contributed by atoms with Crippen LogP contribution >= 0.6 is 12.2 Å². The Labute approximate surface area is 124 Å². The predicted octanol–water partition coefficient (Wildman–Crippen LogP) is 0.127. The van der Waals surface area contributed by atoms with Crippen molar-refractivity contribution in [1.29, 1.82) is 0 Å². The molecular formula is C14H20N2O3S. The molecule has 6 heteroatoms. The summed E-state index contributed by atoms with van der Waals surface area (Å²) in [5.74, 6) is 0.584. The number of thiocarbonyl (C=S) groups is 1. The summed E-state index contributed by atoms with van der Waals surface area (Å²) in [4.78, 5) is 2.30. The first kappa shape index (κ1) is 15.2. The highest BCUT2D eigenvalue weighted by Crippen LogP contribution is 2.18. The zero-order chi connectivity index (χ0) is 14.5. The van der Waals surface area contributed by atoms with Crippen LogP contribution in [0.4, 0.5) is 0 Å². The quantitative estimate of drug-likeness (QED) is 0.648. The Morgan fingerprint density at radius 2 is 2.25 bits per heavy atom. The van der Waals surface area contributed by atoms with Crippen molar-refractivity contribution >= 4 is 17.2 Å². The van der Waals surface area contributed by atoms with Crippen LogP contribution in [0, 0.1) is 0 Å². The van der Waals surface area contributed by atoms with Gasteiger partial charge in [0.25, 0.3) is 0 Å². The van der Waals surface area contributed by atoms with Crippen LogP contribution in [0.5, 0.6) is 5.75 Å². The number of β-amino-alcohol motifs (C(OH)–C–C–N with tert-alkyl or cyclic N) is 2. The molecule has 1 fully saturated rings. The van der Waals surface area contributed by atoms with E-state index < -0.39 is 6.10 Å². The average Bonchev–Trinajstić information content (AvgIpc) is 2.82. The molecule has 0 saturated carbocycles. The lowest BCUT2D eigenvalue weighted by Gasteiger charge is -2.20. The van der Waals surface area contributed by atoms with Gasteiger partial charge in [0.05, 0.1) is 11.7 Å². The van der Waals surface area contributed by atoms with Crippen molar-refractivity contribution in [3.8, 4) is 5.75 Å². The van der Waals surface area contributed by atoms with E-state index in [1.165, 1.54) is 0 Å². The molecule has 2 atom stereocenters. The first-order chi connectivity index (χ1) is 9.56. The molecule has 0 aromatic heterocycles. The van der Waals surface area contributed by atoms with Gasteiger partial charge in [-0.1, -0.05) is 24.4 Å². The number of nitrogens with two attached hydrogens (primary N) is 1. The Hall–Kier alpha value is -1.21. The normalized spacial score (nSPS) is 20.8. The van der Waals surface area contributed by atoms with Crippen LogP contribution in [0.15, 0.2) is 24.3 Å². The van der Waals surface area contributed by atoms with Crippen molar-refractivity contribution < 1.29 is 14.9 Å². The Morgan fingerprint density at radius 1 is 1.50 bits per heavy atom. The SMILES string of the molecule is NC(=S)c1ccccc1OCC(O)CN1CCC(O)C1. The predicted molar refractivity (Wildman–Crippen MR) is 80.9 cm³/mol. The van der Waals surface area contributed by atoms with Crippen LogP contribution in [0.3, 0.4) is 0 Å². The van der Waals surface area contributed by atoms with E-state index in [4.69, 9.17) is 22.7 Å². The van der Waals surface area contributed by atoms with E-state index >= 15 is 0 Å². The molecule has 0 radical (unpaired) electrons. The number of para-hydroxylation sites is 1. The smallest absolute Gasteiger partial charge is 0.129 e. The fraction of sp³-hybridized carbons (Fsp3) is 0.500. The maximum absolute atomic E-state index is 9.97. The first-order valence-corrected chi connectivity index (χ1v) is 7.07. The molecule has 1 heterocycles. The molecule has 1 aromatic carbocycles. The zero-order valence-corrected chi connectivity index (χ0v) is 12.1. The Kier molecular flexibility index (Phi) is 5.31. The summed E-state index contributed by atoms with van der Waals surface area (Å²) in [6, 6.07) is 7.24. The van der Waals surface area contributed by atoms with Gasteiger partial charge >= 0.3 is 0 Å². The molecule has 20 heavy (non-hydrogen) atoms. The fourth-order valence-electron chi connectivity index (χ4n) is 2.31. The zero-order valence-electron chi connectivity index (χ0n) is 11.2. The van der Waals surface area contributed by atoms with E-state index in [1.807, 2.05) is 17.0 Å². The van der Waals surface area contributed by atoms with Gasteiger partial charge in [0.15, 0.2) is 0 Å². The number of nitrogens with zero attached hydrogens (tertiary/aromatic N) is 1. The number of ether oxygens (including phenoxy) is 1. The van der Waals surface area contributed by atoms with Crippen molar-refractivity contribution in [2.24, 2.45) is 5.73 Å². The second kappa shape index (κ2) is 6.99. The van der Waals surface area contributed by atoms with Crippen LogP contribution < -0.4 is 10.5 Å². The molecule has 0 spiro atoms. The summed E-state index contributed by atoms with van der Waals surface area (Å²) in [5, 5.41) is 19.4. The Balaban J connectivity index is 1.84. The lowest BCUT2D eigenvalue weighted by Crippen LogP contribution is -2.34. The average molecular weight is 296 g/mol. The van der Waals surface area contributed by atoms with E-state index in [0.717, 1.165) is 13.0 Å². The largest absolute Gasteiger partial charge is 0.490 e. The van der Waals surface area contributed by atoms with Gasteiger partial charge in [-0.05, 0) is 18.6 Å². The molecule has 2 rings (SSSR count). The van der Waals surface area contributed by atoms with Gasteiger partial charge in [-0.3, -0.25) is 4.90 Å². The maximum atomic E-state index is 9.97. The lowest BCUT2D eigenvalue weighted by atomic mass is 10.2. The third-order valence-corrected chi connectivity index (χ3v) is 3.52. The lowest BCUT2D eigenvalue weighted by molar-refractivity contribution is 0.0707. The Morgan fingerprint density at radius 3 is 2.90 bits per heavy atom. The molecule has 0 amide bonds. The molecule has 1 aliphatic rings. The van der Waals surface area contributed by atoms with Gasteiger partial charge in [0.1, 0.15) is 23.4 Å².